The van der Waals surface area contributed by atoms with Crippen LogP contribution in [0.5, 0.6) is 11.6 Å². The molecule has 244 valence electrons. The lowest BCUT2D eigenvalue weighted by molar-refractivity contribution is -0.138. The van der Waals surface area contributed by atoms with Crippen LogP contribution in [0.2, 0.25) is 0 Å². The Labute approximate surface area is 266 Å². The maximum atomic E-state index is 17.0. The van der Waals surface area contributed by atoms with Gasteiger partial charge in [0.25, 0.3) is 6.43 Å². The molecule has 14 heteroatoms. The molecule has 1 aromatic carbocycles. The van der Waals surface area contributed by atoms with E-state index in [4.69, 9.17) is 18.6 Å². The fourth-order valence-electron chi connectivity index (χ4n) is 6.34. The number of rotatable bonds is 8. The van der Waals surface area contributed by atoms with Gasteiger partial charge < -0.3 is 28.6 Å². The number of ether oxygens (including phenoxy) is 3. The van der Waals surface area contributed by atoms with Gasteiger partial charge in [0.15, 0.2) is 17.2 Å². The molecule has 11 nitrogen and oxygen atoms in total. The highest BCUT2D eigenvalue weighted by molar-refractivity contribution is 6.06. The minimum atomic E-state index is -3.02. The second-order valence-electron chi connectivity index (χ2n) is 11.7. The zero-order valence-corrected chi connectivity index (χ0v) is 25.4. The van der Waals surface area contributed by atoms with Crippen LogP contribution < -0.4 is 14.4 Å². The molecule has 0 radical (unpaired) electrons. The smallest absolute Gasteiger partial charge is 0.326 e. The highest BCUT2D eigenvalue weighted by atomic mass is 19.3. The van der Waals surface area contributed by atoms with Gasteiger partial charge in [-0.2, -0.15) is 0 Å². The number of halogens is 3. The molecular weight excluding hydrogens is 619 g/mol. The first-order valence-electron chi connectivity index (χ1n) is 15.1. The standard InChI is InChI=1S/C33H30F3N5O6/c1-17-16-45-8-7-33(17,36)23-10-19(18-9-20(44-2)14-37-12-18)13-38-31(23)46-21-11-24(32(42)43)41(15-21)30-27-26(39-29(40-30)28(34)35)22-5-3-4-6-25(22)47-27/h3-6,9-10,12-14,17,21,24,28H,7-8,11,15-16H2,1-2H3,(H,42,43)/t17-,21-,24-,33+/m0/s1. The average molecular weight is 650 g/mol. The summed E-state index contributed by atoms with van der Waals surface area (Å²) in [6.07, 6.45) is 0.849. The number of alkyl halides is 3. The zero-order chi connectivity index (χ0) is 32.9. The summed E-state index contributed by atoms with van der Waals surface area (Å²) in [6.45, 7) is 2.04. The van der Waals surface area contributed by atoms with Crippen molar-refractivity contribution in [1.29, 1.82) is 0 Å². The first-order chi connectivity index (χ1) is 22.7. The van der Waals surface area contributed by atoms with E-state index in [2.05, 4.69) is 19.9 Å². The molecule has 6 heterocycles. The van der Waals surface area contributed by atoms with Crippen molar-refractivity contribution in [2.45, 2.75) is 44.0 Å². The van der Waals surface area contributed by atoms with Gasteiger partial charge in [-0.3, -0.25) is 4.98 Å². The molecule has 4 atom stereocenters. The number of pyridine rings is 2. The van der Waals surface area contributed by atoms with Crippen molar-refractivity contribution >= 4 is 33.9 Å². The summed E-state index contributed by atoms with van der Waals surface area (Å²) in [7, 11) is 1.52. The van der Waals surface area contributed by atoms with Gasteiger partial charge in [-0.05, 0) is 24.3 Å². The number of aliphatic carboxylic acids is 1. The van der Waals surface area contributed by atoms with Crippen LogP contribution in [-0.2, 0) is 15.2 Å². The molecule has 7 rings (SSSR count). The Balaban J connectivity index is 1.28. The lowest BCUT2D eigenvalue weighted by Gasteiger charge is -2.37. The number of carboxylic acids is 1. The summed E-state index contributed by atoms with van der Waals surface area (Å²) in [4.78, 5) is 30.8. The maximum Gasteiger partial charge on any atom is 0.326 e. The Hall–Kier alpha value is -4.98. The largest absolute Gasteiger partial charge is 0.495 e. The second kappa shape index (κ2) is 12.0. The van der Waals surface area contributed by atoms with Crippen LogP contribution in [0.25, 0.3) is 33.2 Å². The molecule has 0 bridgehead atoms. The Bertz CT molecular complexity index is 1970. The van der Waals surface area contributed by atoms with Gasteiger partial charge >= 0.3 is 5.97 Å². The van der Waals surface area contributed by atoms with Crippen molar-refractivity contribution in [1.82, 2.24) is 19.9 Å². The Morgan fingerprint density at radius 2 is 1.96 bits per heavy atom. The van der Waals surface area contributed by atoms with Crippen LogP contribution in [0.4, 0.5) is 19.0 Å². The Morgan fingerprint density at radius 3 is 2.72 bits per heavy atom. The summed E-state index contributed by atoms with van der Waals surface area (Å²) >= 11 is 0. The van der Waals surface area contributed by atoms with E-state index in [1.54, 1.807) is 55.7 Å². The van der Waals surface area contributed by atoms with E-state index >= 15 is 4.39 Å². The van der Waals surface area contributed by atoms with E-state index in [1.807, 2.05) is 0 Å². The molecule has 0 saturated carbocycles. The normalized spacial score (nSPS) is 23.1. The van der Waals surface area contributed by atoms with Gasteiger partial charge in [0, 0.05) is 54.3 Å². The molecule has 2 aliphatic rings. The molecule has 2 saturated heterocycles. The van der Waals surface area contributed by atoms with Crippen LogP contribution in [0.3, 0.4) is 0 Å². The van der Waals surface area contributed by atoms with E-state index in [0.29, 0.717) is 27.8 Å². The summed E-state index contributed by atoms with van der Waals surface area (Å²) < 4.78 is 68.1. The number of carbonyl (C=O) groups is 1. The first-order valence-corrected chi connectivity index (χ1v) is 15.1. The zero-order valence-electron chi connectivity index (χ0n) is 25.4. The Kier molecular flexibility index (Phi) is 7.82. The Morgan fingerprint density at radius 1 is 1.15 bits per heavy atom. The summed E-state index contributed by atoms with van der Waals surface area (Å²) in [6, 6.07) is 8.99. The number of carboxylic acid groups (broad SMARTS) is 1. The predicted molar refractivity (Wildman–Crippen MR) is 163 cm³/mol. The highest BCUT2D eigenvalue weighted by Crippen LogP contribution is 2.46. The minimum absolute atomic E-state index is 0.00156. The lowest BCUT2D eigenvalue weighted by Crippen LogP contribution is -2.38. The van der Waals surface area contributed by atoms with Gasteiger partial charge in [0.1, 0.15) is 34.7 Å². The second-order valence-corrected chi connectivity index (χ2v) is 11.7. The number of nitrogens with zero attached hydrogens (tertiary/aromatic N) is 5. The number of aromatic nitrogens is 4. The van der Waals surface area contributed by atoms with E-state index in [0.717, 1.165) is 0 Å². The quantitative estimate of drug-likeness (QED) is 0.209. The fourth-order valence-corrected chi connectivity index (χ4v) is 6.34. The molecule has 4 aromatic heterocycles. The number of hydrogen-bond donors (Lipinski definition) is 1. The monoisotopic (exact) mass is 649 g/mol. The number of anilines is 1. The van der Waals surface area contributed by atoms with Crippen molar-refractivity contribution < 1.29 is 41.7 Å². The molecule has 2 fully saturated rings. The van der Waals surface area contributed by atoms with Crippen LogP contribution >= 0.6 is 0 Å². The summed E-state index contributed by atoms with van der Waals surface area (Å²) in [5.41, 5.74) is 0.179. The minimum Gasteiger partial charge on any atom is -0.495 e. The number of hydrogen-bond acceptors (Lipinski definition) is 10. The number of fused-ring (bicyclic) bond motifs is 3. The van der Waals surface area contributed by atoms with Gasteiger partial charge in [-0.1, -0.05) is 19.1 Å². The van der Waals surface area contributed by atoms with E-state index in [9.17, 15) is 18.7 Å². The average Bonchev–Trinajstić information content (AvgIpc) is 3.68. The molecular formula is C33H30F3N5O6. The van der Waals surface area contributed by atoms with Crippen LogP contribution in [-0.4, -0.2) is 70.0 Å². The third kappa shape index (κ3) is 5.45. The van der Waals surface area contributed by atoms with Crippen molar-refractivity contribution in [3.05, 3.63) is 66.4 Å². The third-order valence-corrected chi connectivity index (χ3v) is 8.85. The van der Waals surface area contributed by atoms with Crippen LogP contribution in [0.1, 0.15) is 37.6 Å². The maximum absolute atomic E-state index is 17.0. The van der Waals surface area contributed by atoms with Gasteiger partial charge in [-0.15, -0.1) is 0 Å². The van der Waals surface area contributed by atoms with Crippen molar-refractivity contribution in [3.63, 3.8) is 0 Å². The molecule has 5 aromatic rings. The predicted octanol–water partition coefficient (Wildman–Crippen LogP) is 6.11. The molecule has 2 aliphatic heterocycles. The third-order valence-electron chi connectivity index (χ3n) is 8.85. The van der Waals surface area contributed by atoms with Gasteiger partial charge in [0.05, 0.1) is 32.0 Å². The molecule has 0 amide bonds. The number of para-hydroxylation sites is 1. The van der Waals surface area contributed by atoms with Crippen LogP contribution in [0, 0.1) is 5.92 Å². The number of methoxy groups -OCH3 is 1. The highest BCUT2D eigenvalue weighted by Gasteiger charge is 2.46. The number of benzene rings is 1. The first kappa shape index (κ1) is 30.7. The van der Waals surface area contributed by atoms with Gasteiger partial charge in [-0.25, -0.2) is 32.9 Å². The van der Waals surface area contributed by atoms with Crippen molar-refractivity contribution in [2.24, 2.45) is 5.92 Å². The lowest BCUT2D eigenvalue weighted by atomic mass is 9.80. The SMILES string of the molecule is COc1cncc(-c2cnc(O[C@H]3C[C@@H](C(=O)O)N(c4nc(C(F)F)nc5c4oc4ccccc45)C3)c([C@@]3(F)CCOC[C@@H]3C)c2)c1. The van der Waals surface area contributed by atoms with Crippen LogP contribution in [0.15, 0.2) is 59.4 Å². The van der Waals surface area contributed by atoms with Crippen molar-refractivity contribution in [2.75, 3.05) is 31.8 Å². The molecule has 47 heavy (non-hydrogen) atoms. The van der Waals surface area contributed by atoms with Crippen molar-refractivity contribution in [3.8, 4) is 22.8 Å². The van der Waals surface area contributed by atoms with Gasteiger partial charge in [0.2, 0.25) is 5.88 Å². The topological polar surface area (TPSA) is 133 Å². The van der Waals surface area contributed by atoms with E-state index < -0.39 is 42.0 Å². The molecule has 0 unspecified atom stereocenters. The number of furan rings is 1. The van der Waals surface area contributed by atoms with E-state index in [-0.39, 0.29) is 61.0 Å². The summed E-state index contributed by atoms with van der Waals surface area (Å²) in [5, 5.41) is 10.7. The molecule has 1 N–H and O–H groups in total. The fraction of sp³-hybridized carbons (Fsp3) is 0.364. The van der Waals surface area contributed by atoms with E-state index in [1.165, 1.54) is 18.2 Å². The molecule has 0 aliphatic carbocycles. The molecule has 0 spiro atoms. The summed E-state index contributed by atoms with van der Waals surface area (Å²) in [5.74, 6) is -2.08.